The summed E-state index contributed by atoms with van der Waals surface area (Å²) in [4.78, 5) is 2.48. The van der Waals surface area contributed by atoms with Crippen LogP contribution in [0.1, 0.15) is 29.5 Å². The van der Waals surface area contributed by atoms with E-state index in [1.54, 1.807) is 0 Å². The van der Waals surface area contributed by atoms with Crippen molar-refractivity contribution in [3.63, 3.8) is 0 Å². The van der Waals surface area contributed by atoms with E-state index in [1.165, 1.54) is 16.7 Å². The molecule has 1 unspecified atom stereocenters. The number of likely N-dealkylation sites (tertiary alicyclic amines) is 1. The highest BCUT2D eigenvalue weighted by Crippen LogP contribution is 2.34. The molecule has 1 aliphatic heterocycles. The zero-order chi connectivity index (χ0) is 15.4. The second-order valence-corrected chi connectivity index (χ2v) is 6.61. The number of rotatable bonds is 4. The van der Waals surface area contributed by atoms with Crippen LogP contribution >= 0.6 is 0 Å². The van der Waals surface area contributed by atoms with Gasteiger partial charge in [0.05, 0.1) is 6.61 Å². The molecule has 0 amide bonds. The smallest absolute Gasteiger partial charge is 0.0540 e. The first kappa shape index (κ1) is 15.3. The Kier molecular flexibility index (Phi) is 4.60. The average molecular weight is 295 g/mol. The van der Waals surface area contributed by atoms with Crippen molar-refractivity contribution in [3.8, 4) is 0 Å². The summed E-state index contributed by atoms with van der Waals surface area (Å²) in [6.07, 6.45) is 2.21. The number of aryl methyl sites for hydroxylation is 1. The van der Waals surface area contributed by atoms with Gasteiger partial charge in [-0.2, -0.15) is 0 Å². The maximum absolute atomic E-state index is 10.1. The van der Waals surface area contributed by atoms with Gasteiger partial charge in [-0.25, -0.2) is 0 Å². The maximum Gasteiger partial charge on any atom is 0.0540 e. The van der Waals surface area contributed by atoms with Gasteiger partial charge in [-0.15, -0.1) is 0 Å². The van der Waals surface area contributed by atoms with Gasteiger partial charge in [0, 0.05) is 18.5 Å². The molecule has 2 heteroatoms. The van der Waals surface area contributed by atoms with Gasteiger partial charge < -0.3 is 5.11 Å². The van der Waals surface area contributed by atoms with Crippen LogP contribution in [0, 0.1) is 6.92 Å². The molecule has 0 aliphatic carbocycles. The largest absolute Gasteiger partial charge is 0.395 e. The second-order valence-electron chi connectivity index (χ2n) is 6.61. The predicted octanol–water partition coefficient (Wildman–Crippen LogP) is 3.52. The maximum atomic E-state index is 10.1. The molecule has 1 fully saturated rings. The third-order valence-electron chi connectivity index (χ3n) is 4.84. The van der Waals surface area contributed by atoms with E-state index in [-0.39, 0.29) is 12.0 Å². The van der Waals surface area contributed by atoms with E-state index >= 15 is 0 Å². The summed E-state index contributed by atoms with van der Waals surface area (Å²) in [5.74, 6) is 0. The van der Waals surface area contributed by atoms with Crippen molar-refractivity contribution >= 4 is 0 Å². The first-order valence-electron chi connectivity index (χ1n) is 8.16. The van der Waals surface area contributed by atoms with Gasteiger partial charge in [0.1, 0.15) is 0 Å². The average Bonchev–Trinajstić information content (AvgIpc) is 2.56. The van der Waals surface area contributed by atoms with Gasteiger partial charge in [0.25, 0.3) is 0 Å². The first-order chi connectivity index (χ1) is 10.7. The molecule has 22 heavy (non-hydrogen) atoms. The summed E-state index contributed by atoms with van der Waals surface area (Å²) in [7, 11) is 0. The predicted molar refractivity (Wildman–Crippen MR) is 90.9 cm³/mol. The van der Waals surface area contributed by atoms with Crippen LogP contribution in [0.4, 0.5) is 0 Å². The zero-order valence-corrected chi connectivity index (χ0v) is 13.3. The van der Waals surface area contributed by atoms with Crippen molar-refractivity contribution in [3.05, 3.63) is 71.3 Å². The van der Waals surface area contributed by atoms with Crippen molar-refractivity contribution in [1.82, 2.24) is 4.90 Å². The molecule has 1 aliphatic rings. The van der Waals surface area contributed by atoms with Crippen molar-refractivity contribution in [2.75, 3.05) is 19.7 Å². The third-order valence-corrected chi connectivity index (χ3v) is 4.84. The van der Waals surface area contributed by atoms with Crippen molar-refractivity contribution in [2.24, 2.45) is 0 Å². The molecule has 3 rings (SSSR count). The Morgan fingerprint density at radius 1 is 1.09 bits per heavy atom. The van der Waals surface area contributed by atoms with E-state index in [1.807, 2.05) is 0 Å². The Bertz CT molecular complexity index is 610. The quantitative estimate of drug-likeness (QED) is 0.933. The second kappa shape index (κ2) is 6.64. The monoisotopic (exact) mass is 295 g/mol. The van der Waals surface area contributed by atoms with Crippen LogP contribution in [0.15, 0.2) is 54.6 Å². The van der Waals surface area contributed by atoms with E-state index in [0.717, 1.165) is 32.5 Å². The lowest BCUT2D eigenvalue weighted by Gasteiger charge is -2.42. The molecular formula is C20H25NO. The van der Waals surface area contributed by atoms with Gasteiger partial charge in [-0.3, -0.25) is 4.90 Å². The molecule has 0 aromatic heterocycles. The molecule has 0 spiro atoms. The normalized spacial score (nSPS) is 22.6. The molecule has 0 radical (unpaired) electrons. The van der Waals surface area contributed by atoms with Gasteiger partial charge in [-0.05, 0) is 37.4 Å². The number of aliphatic hydroxyl groups excluding tert-OH is 1. The first-order valence-corrected chi connectivity index (χ1v) is 8.16. The van der Waals surface area contributed by atoms with Crippen LogP contribution in [0.2, 0.25) is 0 Å². The lowest BCUT2D eigenvalue weighted by atomic mass is 9.74. The Balaban J connectivity index is 1.80. The standard InChI is InChI=1S/C20H25NO/c1-17-7-5-10-19(13-17)20(16-22)11-6-12-21(15-20)14-18-8-3-2-4-9-18/h2-5,7-10,13,22H,6,11-12,14-16H2,1H3. The van der Waals surface area contributed by atoms with Gasteiger partial charge >= 0.3 is 0 Å². The summed E-state index contributed by atoms with van der Waals surface area (Å²) in [5.41, 5.74) is 3.79. The number of hydrogen-bond donors (Lipinski definition) is 1. The van der Waals surface area contributed by atoms with Gasteiger partial charge in [0.2, 0.25) is 0 Å². The van der Waals surface area contributed by atoms with Crippen LogP contribution in [0.3, 0.4) is 0 Å². The highest BCUT2D eigenvalue weighted by molar-refractivity contribution is 5.31. The number of aliphatic hydroxyl groups is 1. The summed E-state index contributed by atoms with van der Waals surface area (Å²) in [5, 5.41) is 10.1. The van der Waals surface area contributed by atoms with Crippen molar-refractivity contribution in [2.45, 2.75) is 31.7 Å². The summed E-state index contributed by atoms with van der Waals surface area (Å²) < 4.78 is 0. The summed E-state index contributed by atoms with van der Waals surface area (Å²) in [6, 6.07) is 19.3. The van der Waals surface area contributed by atoms with Gasteiger partial charge in [-0.1, -0.05) is 60.2 Å². The highest BCUT2D eigenvalue weighted by Gasteiger charge is 2.36. The minimum atomic E-state index is -0.112. The topological polar surface area (TPSA) is 23.5 Å². The highest BCUT2D eigenvalue weighted by atomic mass is 16.3. The molecule has 1 N–H and O–H groups in total. The van der Waals surface area contributed by atoms with Gasteiger partial charge in [0.15, 0.2) is 0 Å². The SMILES string of the molecule is Cc1cccc(C2(CO)CCCN(Cc3ccccc3)C2)c1. The number of nitrogens with zero attached hydrogens (tertiary/aromatic N) is 1. The fourth-order valence-electron chi connectivity index (χ4n) is 3.63. The lowest BCUT2D eigenvalue weighted by Crippen LogP contribution is -2.48. The van der Waals surface area contributed by atoms with Crippen molar-refractivity contribution in [1.29, 1.82) is 0 Å². The van der Waals surface area contributed by atoms with Crippen LogP contribution in [-0.2, 0) is 12.0 Å². The fourth-order valence-corrected chi connectivity index (χ4v) is 3.63. The van der Waals surface area contributed by atoms with E-state index in [0.29, 0.717) is 0 Å². The van der Waals surface area contributed by atoms with Crippen LogP contribution in [0.25, 0.3) is 0 Å². The van der Waals surface area contributed by atoms with E-state index in [4.69, 9.17) is 0 Å². The molecule has 1 heterocycles. The summed E-state index contributed by atoms with van der Waals surface area (Å²) >= 11 is 0. The zero-order valence-electron chi connectivity index (χ0n) is 13.3. The van der Waals surface area contributed by atoms with E-state index < -0.39 is 0 Å². The number of hydrogen-bond acceptors (Lipinski definition) is 2. The Labute approximate surface area is 133 Å². The molecule has 0 saturated carbocycles. The molecule has 1 saturated heterocycles. The fraction of sp³-hybridized carbons (Fsp3) is 0.400. The molecule has 0 bridgehead atoms. The molecule has 116 valence electrons. The van der Waals surface area contributed by atoms with Crippen molar-refractivity contribution < 1.29 is 5.11 Å². The molecular weight excluding hydrogens is 270 g/mol. The molecule has 2 aromatic rings. The Morgan fingerprint density at radius 2 is 1.91 bits per heavy atom. The summed E-state index contributed by atoms with van der Waals surface area (Å²) in [6.45, 7) is 5.36. The molecule has 1 atom stereocenters. The van der Waals surface area contributed by atoms with E-state index in [9.17, 15) is 5.11 Å². The third kappa shape index (κ3) is 3.23. The van der Waals surface area contributed by atoms with E-state index in [2.05, 4.69) is 66.4 Å². The van der Waals surface area contributed by atoms with Crippen LogP contribution in [0.5, 0.6) is 0 Å². The number of piperidine rings is 1. The number of benzene rings is 2. The van der Waals surface area contributed by atoms with Crippen LogP contribution in [-0.4, -0.2) is 29.7 Å². The Hall–Kier alpha value is -1.64. The lowest BCUT2D eigenvalue weighted by molar-refractivity contribution is 0.0850. The minimum absolute atomic E-state index is 0.112. The minimum Gasteiger partial charge on any atom is -0.395 e. The van der Waals surface area contributed by atoms with Crippen LogP contribution < -0.4 is 0 Å². The molecule has 2 nitrogen and oxygen atoms in total. The molecule has 2 aromatic carbocycles. The Morgan fingerprint density at radius 3 is 2.64 bits per heavy atom.